The Hall–Kier alpha value is -0.770. The smallest absolute Gasteiger partial charge is 0.101 e. The lowest BCUT2D eigenvalue weighted by Crippen LogP contribution is -1.27. The molecule has 4 heavy (non-hydrogen) atoms. The van der Waals surface area contributed by atoms with Crippen molar-refractivity contribution >= 4 is 0 Å². The zero-order valence-corrected chi connectivity index (χ0v) is 2.02. The van der Waals surface area contributed by atoms with Gasteiger partial charge in [0.25, 0.3) is 0 Å². The predicted octanol–water partition coefficient (Wildman–Crippen LogP) is 0.302. The van der Waals surface area contributed by atoms with E-state index in [1.807, 2.05) is 0 Å². The van der Waals surface area contributed by atoms with Crippen molar-refractivity contribution in [3.63, 3.8) is 0 Å². The molecule has 0 amide bonds. The molecule has 0 aromatic carbocycles. The first kappa shape index (κ1) is 3.23. The third kappa shape index (κ3) is 1.23. The van der Waals surface area contributed by atoms with E-state index < -0.39 is 0 Å². The Balaban J connectivity index is 2.92. The van der Waals surface area contributed by atoms with Crippen LogP contribution in [-0.2, 0) is 0 Å². The van der Waals surface area contributed by atoms with Crippen LogP contribution >= 0.6 is 0 Å². The summed E-state index contributed by atoms with van der Waals surface area (Å²) in [6, 6.07) is 1.46. The van der Waals surface area contributed by atoms with E-state index in [2.05, 4.69) is 6.58 Å². The summed E-state index contributed by atoms with van der Waals surface area (Å²) in [7, 11) is 0. The van der Waals surface area contributed by atoms with Gasteiger partial charge < -0.3 is 0 Å². The molecular weight excluding hydrogens is 50.0 g/mol. The molecular formula is C3HN. The molecule has 18 valence electrons. The molecule has 0 aromatic heterocycles. The second-order valence-corrected chi connectivity index (χ2v) is 0.256. The lowest BCUT2D eigenvalue weighted by Gasteiger charge is -1.27. The SMILES string of the molecule is [CH]=[C]C#N. The molecule has 0 heterocycles. The Morgan fingerprint density at radius 3 is 2.00 bits per heavy atom. The quantitative estimate of drug-likeness (QED) is 0.363. The average Bonchev–Trinajstić information content (AvgIpc) is 1.37. The van der Waals surface area contributed by atoms with Gasteiger partial charge in [0.05, 0.1) is 6.08 Å². The lowest BCUT2D eigenvalue weighted by molar-refractivity contribution is 1.52. The minimum Gasteiger partial charge on any atom is -0.192 e. The molecule has 0 saturated heterocycles. The van der Waals surface area contributed by atoms with Crippen LogP contribution in [0, 0.1) is 24.0 Å². The molecule has 0 saturated carbocycles. The first-order valence-corrected chi connectivity index (χ1v) is 0.762. The maximum absolute atomic E-state index is 7.39. The predicted molar refractivity (Wildman–Crippen MR) is 13.2 cm³/mol. The van der Waals surface area contributed by atoms with Crippen molar-refractivity contribution in [1.82, 2.24) is 0 Å². The van der Waals surface area contributed by atoms with Crippen LogP contribution in [0.15, 0.2) is 0 Å². The number of nitriles is 1. The van der Waals surface area contributed by atoms with Crippen molar-refractivity contribution in [3.05, 3.63) is 12.7 Å². The normalized spacial score (nSPS) is 3.75. The van der Waals surface area contributed by atoms with Crippen LogP contribution in [0.1, 0.15) is 0 Å². The summed E-state index contributed by atoms with van der Waals surface area (Å²) in [6.45, 7) is 4.42. The third-order valence-corrected chi connectivity index (χ3v) is 0.0645. The molecule has 2 radical (unpaired) electrons. The van der Waals surface area contributed by atoms with Gasteiger partial charge in [-0.05, 0) is 6.58 Å². The molecule has 0 aromatic rings. The van der Waals surface area contributed by atoms with Gasteiger partial charge in [-0.3, -0.25) is 0 Å². The molecule has 0 unspecified atom stereocenters. The fourth-order valence-electron chi connectivity index (χ4n) is 0. The van der Waals surface area contributed by atoms with E-state index in [1.165, 1.54) is 6.07 Å². The third-order valence-electron chi connectivity index (χ3n) is 0.0645. The topological polar surface area (TPSA) is 23.8 Å². The fourth-order valence-corrected chi connectivity index (χ4v) is 0. The number of hydrogen-bond acceptors (Lipinski definition) is 1. The summed E-state index contributed by atoms with van der Waals surface area (Å²) in [5.74, 6) is 0. The zero-order chi connectivity index (χ0) is 3.41. The molecule has 1 heteroatoms. The van der Waals surface area contributed by atoms with E-state index >= 15 is 0 Å². The molecule has 0 aliphatic rings. The molecule has 0 rings (SSSR count). The largest absolute Gasteiger partial charge is 0.192 e. The Morgan fingerprint density at radius 2 is 2.00 bits per heavy atom. The van der Waals surface area contributed by atoms with E-state index in [1.54, 1.807) is 6.08 Å². The minimum atomic E-state index is 1.46. The van der Waals surface area contributed by atoms with Gasteiger partial charge in [0.15, 0.2) is 0 Å². The van der Waals surface area contributed by atoms with Crippen molar-refractivity contribution in [2.45, 2.75) is 0 Å². The van der Waals surface area contributed by atoms with Crippen LogP contribution in [-0.4, -0.2) is 0 Å². The van der Waals surface area contributed by atoms with E-state index in [4.69, 9.17) is 5.26 Å². The Kier molecular flexibility index (Phi) is 1.80. The van der Waals surface area contributed by atoms with E-state index in [0.717, 1.165) is 0 Å². The van der Waals surface area contributed by atoms with Gasteiger partial charge in [-0.25, -0.2) is 0 Å². The summed E-state index contributed by atoms with van der Waals surface area (Å²) < 4.78 is 0. The highest BCUT2D eigenvalue weighted by Gasteiger charge is 1.37. The van der Waals surface area contributed by atoms with Crippen LogP contribution < -0.4 is 0 Å². The van der Waals surface area contributed by atoms with Gasteiger partial charge in [-0.2, -0.15) is 5.26 Å². The van der Waals surface area contributed by atoms with E-state index in [0.29, 0.717) is 0 Å². The number of rotatable bonds is 0. The highest BCUT2D eigenvalue weighted by Crippen LogP contribution is 1.37. The van der Waals surface area contributed by atoms with Gasteiger partial charge in [-0.1, -0.05) is 0 Å². The molecule has 0 bridgehead atoms. The molecule has 0 fully saturated rings. The second kappa shape index (κ2) is 2.23. The van der Waals surface area contributed by atoms with Gasteiger partial charge in [-0.15, -0.1) is 0 Å². The summed E-state index contributed by atoms with van der Waals surface area (Å²) in [6.07, 6.45) is 1.74. The first-order valence-electron chi connectivity index (χ1n) is 0.762. The molecule has 0 aliphatic carbocycles. The molecule has 0 N–H and O–H groups in total. The van der Waals surface area contributed by atoms with Crippen LogP contribution in [0.3, 0.4) is 0 Å². The number of nitrogens with zero attached hydrogens (tertiary/aromatic N) is 1. The minimum absolute atomic E-state index is 1.46. The van der Waals surface area contributed by atoms with Gasteiger partial charge in [0.2, 0.25) is 0 Å². The van der Waals surface area contributed by atoms with Crippen molar-refractivity contribution < 1.29 is 0 Å². The molecule has 0 aliphatic heterocycles. The van der Waals surface area contributed by atoms with Crippen LogP contribution in [0.2, 0.25) is 0 Å². The highest BCUT2D eigenvalue weighted by molar-refractivity contribution is 4.80. The summed E-state index contributed by atoms with van der Waals surface area (Å²) in [5.41, 5.74) is 0. The molecule has 0 atom stereocenters. The maximum Gasteiger partial charge on any atom is 0.101 e. The van der Waals surface area contributed by atoms with Crippen LogP contribution in [0.4, 0.5) is 0 Å². The van der Waals surface area contributed by atoms with Crippen molar-refractivity contribution in [2.75, 3.05) is 0 Å². The number of hydrogen-bond donors (Lipinski definition) is 0. The van der Waals surface area contributed by atoms with Gasteiger partial charge in [0.1, 0.15) is 6.07 Å². The summed E-state index contributed by atoms with van der Waals surface area (Å²) in [4.78, 5) is 0. The van der Waals surface area contributed by atoms with Crippen LogP contribution in [0.25, 0.3) is 0 Å². The Labute approximate surface area is 25.2 Å². The average molecular weight is 51.0 g/mol. The van der Waals surface area contributed by atoms with E-state index in [-0.39, 0.29) is 0 Å². The van der Waals surface area contributed by atoms with Crippen LogP contribution in [0.5, 0.6) is 0 Å². The van der Waals surface area contributed by atoms with Gasteiger partial charge in [0, 0.05) is 0 Å². The van der Waals surface area contributed by atoms with Crippen molar-refractivity contribution in [2.24, 2.45) is 0 Å². The monoisotopic (exact) mass is 51.0 g/mol. The summed E-state index contributed by atoms with van der Waals surface area (Å²) in [5, 5.41) is 7.39. The Morgan fingerprint density at radius 1 is 1.75 bits per heavy atom. The summed E-state index contributed by atoms with van der Waals surface area (Å²) >= 11 is 0. The van der Waals surface area contributed by atoms with Gasteiger partial charge >= 0.3 is 0 Å². The Bertz CT molecular complexity index is 48.8. The van der Waals surface area contributed by atoms with E-state index in [9.17, 15) is 0 Å². The standard InChI is InChI=1S/C3HN/c1-2-3-4/h1H. The molecule has 1 nitrogen and oxygen atoms in total. The maximum atomic E-state index is 7.39. The second-order valence-electron chi connectivity index (χ2n) is 0.256. The lowest BCUT2D eigenvalue weighted by atomic mass is 10.8. The highest BCUT2D eigenvalue weighted by atomic mass is 14.2. The zero-order valence-electron chi connectivity index (χ0n) is 2.02. The van der Waals surface area contributed by atoms with Crippen molar-refractivity contribution in [3.8, 4) is 6.07 Å². The number of allylic oxidation sites excluding steroid dienone is 1. The fraction of sp³-hybridized carbons (Fsp3) is 0. The van der Waals surface area contributed by atoms with Crippen molar-refractivity contribution in [1.29, 1.82) is 5.26 Å². The molecule has 0 spiro atoms. The first-order chi connectivity index (χ1) is 1.91.